The van der Waals surface area contributed by atoms with Crippen molar-refractivity contribution in [3.05, 3.63) is 29.8 Å². The van der Waals surface area contributed by atoms with Gasteiger partial charge in [0.15, 0.2) is 0 Å². The molecule has 61 valence electrons. The maximum atomic E-state index is 10.8. The minimum absolute atomic E-state index is 0.0635. The Morgan fingerprint density at radius 3 is 2.75 bits per heavy atom. The minimum atomic E-state index is -0.510. The lowest BCUT2D eigenvalue weighted by Gasteiger charge is -2.02. The molecule has 0 unspecified atom stereocenters. The Morgan fingerprint density at radius 1 is 1.50 bits per heavy atom. The smallest absolute Gasteiger partial charge is 0.281 e. The van der Waals surface area contributed by atoms with Crippen LogP contribution in [0.5, 0.6) is 5.75 Å². The summed E-state index contributed by atoms with van der Waals surface area (Å²) in [6, 6.07) is 6.81. The van der Waals surface area contributed by atoms with Gasteiger partial charge in [-0.3, -0.25) is 4.79 Å². The fourth-order valence-electron chi connectivity index (χ4n) is 0.796. The maximum Gasteiger partial charge on any atom is 0.281 e. The Labute approximate surface area is 77.7 Å². The van der Waals surface area contributed by atoms with Crippen LogP contribution in [0.15, 0.2) is 24.3 Å². The lowest BCUT2D eigenvalue weighted by molar-refractivity contribution is 0.108. The van der Waals surface area contributed by atoms with Gasteiger partial charge in [0.05, 0.1) is 5.56 Å². The summed E-state index contributed by atoms with van der Waals surface area (Å²) in [5.41, 5.74) is 0.385. The van der Waals surface area contributed by atoms with Crippen LogP contribution in [0.4, 0.5) is 0 Å². The van der Waals surface area contributed by atoms with Crippen LogP contribution < -0.4 is 4.43 Å². The zero-order valence-corrected chi connectivity index (χ0v) is 7.97. The van der Waals surface area contributed by atoms with Gasteiger partial charge in [0.2, 0.25) is 0 Å². The van der Waals surface area contributed by atoms with E-state index >= 15 is 0 Å². The minimum Gasteiger partial charge on any atom is -0.513 e. The van der Waals surface area contributed by atoms with Gasteiger partial charge >= 0.3 is 0 Å². The van der Waals surface area contributed by atoms with Crippen molar-refractivity contribution in [1.82, 2.24) is 0 Å². The predicted octanol–water partition coefficient (Wildman–Crippen LogP) is 1.50. The van der Waals surface area contributed by atoms with Crippen LogP contribution in [0.25, 0.3) is 0 Å². The number of carbonyl (C=O) groups is 1. The number of halogens is 1. The van der Waals surface area contributed by atoms with Crippen molar-refractivity contribution in [2.75, 3.05) is 0 Å². The molecule has 4 heteroatoms. The van der Waals surface area contributed by atoms with Gasteiger partial charge in [0, 0.05) is 0 Å². The molecule has 1 aromatic rings. The molecule has 0 aliphatic rings. The summed E-state index contributed by atoms with van der Waals surface area (Å²) >= 11 is 5.31. The van der Waals surface area contributed by atoms with Gasteiger partial charge < -0.3 is 4.43 Å². The molecule has 0 amide bonds. The van der Waals surface area contributed by atoms with Gasteiger partial charge in [0.25, 0.3) is 14.6 Å². The molecule has 0 aliphatic heterocycles. The molecule has 1 aromatic carbocycles. The highest BCUT2D eigenvalue weighted by Crippen LogP contribution is 2.18. The largest absolute Gasteiger partial charge is 0.513 e. The number of carbonyl (C=O) groups excluding carboxylic acids is 1. The second-order valence-corrected chi connectivity index (χ2v) is 2.85. The quantitative estimate of drug-likeness (QED) is 0.542. The third kappa shape index (κ3) is 2.03. The average Bonchev–Trinajstić information content (AvgIpc) is 2.05. The molecule has 0 saturated heterocycles. The molecule has 2 nitrogen and oxygen atoms in total. The molecule has 0 spiro atoms. The highest BCUT2D eigenvalue weighted by molar-refractivity contribution is 6.68. The molecule has 0 saturated carbocycles. The average molecular weight is 198 g/mol. The van der Waals surface area contributed by atoms with Gasteiger partial charge in [0.1, 0.15) is 5.75 Å². The van der Waals surface area contributed by atoms with Crippen LogP contribution in [-0.2, 0) is 0 Å². The van der Waals surface area contributed by atoms with Gasteiger partial charge in [-0.05, 0) is 23.7 Å². The van der Waals surface area contributed by atoms with Crippen molar-refractivity contribution in [1.29, 1.82) is 0 Å². The van der Waals surface area contributed by atoms with Gasteiger partial charge in [-0.25, -0.2) is 0 Å². The predicted molar refractivity (Wildman–Crippen MR) is 50.1 cm³/mol. The summed E-state index contributed by atoms with van der Waals surface area (Å²) in [6.07, 6.45) is 3.53. The van der Waals surface area contributed by atoms with Crippen LogP contribution in [-0.4, -0.2) is 20.8 Å². The number of rotatable bonds is 3. The Bertz CT molecular complexity index is 312. The van der Waals surface area contributed by atoms with Gasteiger partial charge in [-0.15, -0.1) is 0 Å². The second-order valence-electron chi connectivity index (χ2n) is 2.02. The topological polar surface area (TPSA) is 26.3 Å². The van der Waals surface area contributed by atoms with E-state index in [2.05, 4.69) is 6.17 Å². The SMILES string of the molecule is C=[Si]Oc1ccccc1C(=O)Cl. The molecule has 0 bridgehead atoms. The first-order chi connectivity index (χ1) is 5.75. The molecule has 0 fully saturated rings. The standard InChI is InChI=1S/C8H6ClO2Si/c1-12-11-7-5-3-2-4-6(7)8(9)10/h2-5H,1H2. The highest BCUT2D eigenvalue weighted by atomic mass is 35.5. The van der Waals surface area contributed by atoms with Crippen LogP contribution in [0.3, 0.4) is 0 Å². The zero-order valence-electron chi connectivity index (χ0n) is 6.21. The fraction of sp³-hybridized carbons (Fsp3) is 0. The lowest BCUT2D eigenvalue weighted by Crippen LogP contribution is -1.98. The zero-order chi connectivity index (χ0) is 8.97. The van der Waals surface area contributed by atoms with E-state index in [1.54, 1.807) is 24.3 Å². The second kappa shape index (κ2) is 4.18. The normalized spacial score (nSPS) is 9.08. The number of para-hydroxylation sites is 1. The summed E-state index contributed by atoms with van der Waals surface area (Å²) in [7, 11) is 0.0635. The molecule has 0 atom stereocenters. The maximum absolute atomic E-state index is 10.8. The van der Waals surface area contributed by atoms with E-state index in [4.69, 9.17) is 16.0 Å². The molecule has 1 rings (SSSR count). The lowest BCUT2D eigenvalue weighted by atomic mass is 10.2. The van der Waals surface area contributed by atoms with Crippen molar-refractivity contribution in [3.63, 3.8) is 0 Å². The van der Waals surface area contributed by atoms with Gasteiger partial charge in [-0.1, -0.05) is 18.3 Å². The van der Waals surface area contributed by atoms with Crippen molar-refractivity contribution in [2.45, 2.75) is 0 Å². The summed E-state index contributed by atoms with van der Waals surface area (Å²) < 4.78 is 5.11. The monoisotopic (exact) mass is 197 g/mol. The van der Waals surface area contributed by atoms with Crippen LogP contribution >= 0.6 is 11.6 Å². The third-order valence-electron chi connectivity index (χ3n) is 1.28. The molecular formula is C8H6ClO2Si. The van der Waals surface area contributed by atoms with Crippen LogP contribution in [0.2, 0.25) is 0 Å². The Balaban J connectivity index is 3.07. The van der Waals surface area contributed by atoms with Crippen molar-refractivity contribution >= 4 is 32.4 Å². The number of benzene rings is 1. The summed E-state index contributed by atoms with van der Waals surface area (Å²) in [5.74, 6) is 0.492. The highest BCUT2D eigenvalue weighted by Gasteiger charge is 2.07. The fourth-order valence-corrected chi connectivity index (χ4v) is 1.29. The molecule has 0 N–H and O–H groups in total. The van der Waals surface area contributed by atoms with Crippen molar-refractivity contribution in [2.24, 2.45) is 0 Å². The molecule has 1 radical (unpaired) electrons. The molecule has 0 aliphatic carbocycles. The van der Waals surface area contributed by atoms with E-state index in [1.807, 2.05) is 0 Å². The molecule has 12 heavy (non-hydrogen) atoms. The van der Waals surface area contributed by atoms with E-state index in [1.165, 1.54) is 0 Å². The van der Waals surface area contributed by atoms with E-state index < -0.39 is 5.24 Å². The Morgan fingerprint density at radius 2 is 2.17 bits per heavy atom. The van der Waals surface area contributed by atoms with Crippen molar-refractivity contribution in [3.8, 4) is 5.75 Å². The third-order valence-corrected chi connectivity index (χ3v) is 1.85. The van der Waals surface area contributed by atoms with E-state index in [0.717, 1.165) is 0 Å². The molecule has 0 heterocycles. The number of hydrogen-bond donors (Lipinski definition) is 0. The van der Waals surface area contributed by atoms with Crippen LogP contribution in [0.1, 0.15) is 10.4 Å². The molecular weight excluding hydrogens is 192 g/mol. The van der Waals surface area contributed by atoms with E-state index in [9.17, 15) is 4.79 Å². The summed E-state index contributed by atoms with van der Waals surface area (Å²) in [6.45, 7) is 0. The summed E-state index contributed by atoms with van der Waals surface area (Å²) in [5, 5.41) is -0.510. The number of hydrogen-bond acceptors (Lipinski definition) is 2. The van der Waals surface area contributed by atoms with E-state index in [0.29, 0.717) is 11.3 Å². The Hall–Kier alpha value is -0.933. The van der Waals surface area contributed by atoms with Crippen molar-refractivity contribution < 1.29 is 9.22 Å². The van der Waals surface area contributed by atoms with Crippen LogP contribution in [0, 0.1) is 0 Å². The summed E-state index contributed by atoms with van der Waals surface area (Å²) in [4.78, 5) is 10.8. The first-order valence-electron chi connectivity index (χ1n) is 3.23. The molecule has 0 aromatic heterocycles. The van der Waals surface area contributed by atoms with E-state index in [-0.39, 0.29) is 9.38 Å². The first-order valence-corrected chi connectivity index (χ1v) is 4.73. The van der Waals surface area contributed by atoms with Gasteiger partial charge in [-0.2, -0.15) is 0 Å². The first kappa shape index (κ1) is 9.16. The Kier molecular flexibility index (Phi) is 3.19.